The third kappa shape index (κ3) is 2.73. The molecule has 0 aliphatic rings. The fourth-order valence-corrected chi connectivity index (χ4v) is 1.10. The Hall–Kier alpha value is -1.57. The molecule has 14 heavy (non-hydrogen) atoms. The Morgan fingerprint density at radius 1 is 1.43 bits per heavy atom. The topological polar surface area (TPSA) is 20.3 Å². The van der Waals surface area contributed by atoms with E-state index in [1.54, 1.807) is 30.2 Å². The zero-order valence-electron chi connectivity index (χ0n) is 8.31. The lowest BCUT2D eigenvalue weighted by Gasteiger charge is -2.15. The van der Waals surface area contributed by atoms with Crippen molar-refractivity contribution in [1.29, 1.82) is 0 Å². The van der Waals surface area contributed by atoms with Crippen LogP contribution in [-0.2, 0) is 0 Å². The SMILES string of the molecule is C=CC[CH]N(C)C(=O)c1ccccc1. The largest absolute Gasteiger partial charge is 0.336 e. The molecule has 2 heteroatoms. The molecule has 73 valence electrons. The normalized spacial score (nSPS) is 9.50. The maximum Gasteiger partial charge on any atom is 0.253 e. The number of hydrogen-bond donors (Lipinski definition) is 0. The van der Waals surface area contributed by atoms with Gasteiger partial charge in [-0.2, -0.15) is 0 Å². The summed E-state index contributed by atoms with van der Waals surface area (Å²) in [5.41, 5.74) is 0.704. The Bertz CT molecular complexity index is 305. The quantitative estimate of drug-likeness (QED) is 0.665. The van der Waals surface area contributed by atoms with Crippen LogP contribution in [0, 0.1) is 6.54 Å². The van der Waals surface area contributed by atoms with Crippen LogP contribution >= 0.6 is 0 Å². The molecule has 0 aliphatic carbocycles. The molecule has 2 nitrogen and oxygen atoms in total. The van der Waals surface area contributed by atoms with E-state index in [1.165, 1.54) is 0 Å². The second-order valence-electron chi connectivity index (χ2n) is 2.99. The van der Waals surface area contributed by atoms with Crippen molar-refractivity contribution in [2.75, 3.05) is 7.05 Å². The number of carbonyl (C=O) groups excluding carboxylic acids is 1. The predicted molar refractivity (Wildman–Crippen MR) is 57.6 cm³/mol. The third-order valence-corrected chi connectivity index (χ3v) is 1.89. The zero-order valence-corrected chi connectivity index (χ0v) is 8.31. The molecule has 0 spiro atoms. The minimum atomic E-state index is 0.00690. The monoisotopic (exact) mass is 188 g/mol. The van der Waals surface area contributed by atoms with E-state index < -0.39 is 0 Å². The number of carbonyl (C=O) groups is 1. The highest BCUT2D eigenvalue weighted by Gasteiger charge is 2.09. The first-order chi connectivity index (χ1) is 6.75. The highest BCUT2D eigenvalue weighted by atomic mass is 16.2. The molecule has 0 saturated carbocycles. The summed E-state index contributed by atoms with van der Waals surface area (Å²) in [5, 5.41) is 0. The minimum Gasteiger partial charge on any atom is -0.336 e. The predicted octanol–water partition coefficient (Wildman–Crippen LogP) is 2.50. The summed E-state index contributed by atoms with van der Waals surface area (Å²) in [6.45, 7) is 5.40. The van der Waals surface area contributed by atoms with E-state index in [2.05, 4.69) is 6.58 Å². The van der Waals surface area contributed by atoms with E-state index >= 15 is 0 Å². The average Bonchev–Trinajstić information content (AvgIpc) is 2.26. The van der Waals surface area contributed by atoms with E-state index in [-0.39, 0.29) is 5.91 Å². The number of hydrogen-bond acceptors (Lipinski definition) is 1. The first kappa shape index (κ1) is 10.5. The molecular formula is C12H14NO. The van der Waals surface area contributed by atoms with Gasteiger partial charge in [0.1, 0.15) is 0 Å². The van der Waals surface area contributed by atoms with Crippen molar-refractivity contribution in [2.24, 2.45) is 0 Å². The van der Waals surface area contributed by atoms with Gasteiger partial charge in [-0.1, -0.05) is 24.3 Å². The van der Waals surface area contributed by atoms with Crippen molar-refractivity contribution in [2.45, 2.75) is 6.42 Å². The second kappa shape index (κ2) is 5.22. The molecule has 0 fully saturated rings. The molecule has 0 atom stereocenters. The minimum absolute atomic E-state index is 0.00690. The van der Waals surface area contributed by atoms with Crippen molar-refractivity contribution >= 4 is 5.91 Å². The van der Waals surface area contributed by atoms with Crippen LogP contribution in [0.2, 0.25) is 0 Å². The second-order valence-corrected chi connectivity index (χ2v) is 2.99. The van der Waals surface area contributed by atoms with Gasteiger partial charge in [-0.05, 0) is 18.6 Å². The summed E-state index contributed by atoms with van der Waals surface area (Å²) >= 11 is 0. The molecular weight excluding hydrogens is 174 g/mol. The number of rotatable bonds is 4. The molecule has 1 aromatic rings. The van der Waals surface area contributed by atoms with Crippen LogP contribution in [0.5, 0.6) is 0 Å². The first-order valence-corrected chi connectivity index (χ1v) is 4.52. The van der Waals surface area contributed by atoms with E-state index in [1.807, 2.05) is 24.7 Å². The van der Waals surface area contributed by atoms with Crippen molar-refractivity contribution in [1.82, 2.24) is 4.90 Å². The van der Waals surface area contributed by atoms with Crippen molar-refractivity contribution < 1.29 is 4.79 Å². The smallest absolute Gasteiger partial charge is 0.253 e. The molecule has 0 unspecified atom stereocenters. The van der Waals surface area contributed by atoms with E-state index in [0.717, 1.165) is 0 Å². The van der Waals surface area contributed by atoms with Gasteiger partial charge in [-0.3, -0.25) is 4.79 Å². The lowest BCUT2D eigenvalue weighted by Crippen LogP contribution is -2.23. The van der Waals surface area contributed by atoms with Gasteiger partial charge in [0.15, 0.2) is 0 Å². The number of nitrogens with zero attached hydrogens (tertiary/aromatic N) is 1. The highest BCUT2D eigenvalue weighted by Crippen LogP contribution is 2.05. The fourth-order valence-electron chi connectivity index (χ4n) is 1.10. The zero-order chi connectivity index (χ0) is 10.4. The summed E-state index contributed by atoms with van der Waals surface area (Å²) in [7, 11) is 1.75. The first-order valence-electron chi connectivity index (χ1n) is 4.52. The standard InChI is InChI=1S/C12H14NO/c1-3-4-10-13(2)12(14)11-8-6-5-7-9-11/h3,5-10H,1,4H2,2H3. The third-order valence-electron chi connectivity index (χ3n) is 1.89. The van der Waals surface area contributed by atoms with Gasteiger partial charge in [-0.25, -0.2) is 0 Å². The number of benzene rings is 1. The number of amides is 1. The maximum atomic E-state index is 11.7. The van der Waals surface area contributed by atoms with Crippen LogP contribution in [0.4, 0.5) is 0 Å². The lowest BCUT2D eigenvalue weighted by atomic mass is 10.2. The van der Waals surface area contributed by atoms with Gasteiger partial charge in [0.25, 0.3) is 5.91 Å². The van der Waals surface area contributed by atoms with Crippen LogP contribution in [0.15, 0.2) is 43.0 Å². The highest BCUT2D eigenvalue weighted by molar-refractivity contribution is 5.94. The summed E-state index contributed by atoms with van der Waals surface area (Å²) in [6.07, 6.45) is 2.46. The van der Waals surface area contributed by atoms with Crippen molar-refractivity contribution in [3.8, 4) is 0 Å². The molecule has 1 aromatic carbocycles. The van der Waals surface area contributed by atoms with Crippen LogP contribution < -0.4 is 0 Å². The summed E-state index contributed by atoms with van der Waals surface area (Å²) in [5.74, 6) is 0.00690. The Kier molecular flexibility index (Phi) is 3.92. The molecule has 1 rings (SSSR count). The fraction of sp³-hybridized carbons (Fsp3) is 0.167. The molecule has 0 N–H and O–H groups in total. The van der Waals surface area contributed by atoms with Gasteiger partial charge in [0.05, 0.1) is 6.54 Å². The van der Waals surface area contributed by atoms with E-state index in [9.17, 15) is 4.79 Å². The molecule has 0 aliphatic heterocycles. The van der Waals surface area contributed by atoms with Crippen LogP contribution in [0.25, 0.3) is 0 Å². The molecule has 1 radical (unpaired) electrons. The Morgan fingerprint density at radius 2 is 2.07 bits per heavy atom. The lowest BCUT2D eigenvalue weighted by molar-refractivity contribution is 0.0829. The molecule has 0 saturated heterocycles. The van der Waals surface area contributed by atoms with Crippen LogP contribution in [-0.4, -0.2) is 17.9 Å². The maximum absolute atomic E-state index is 11.7. The van der Waals surface area contributed by atoms with E-state index in [0.29, 0.717) is 12.0 Å². The van der Waals surface area contributed by atoms with Crippen LogP contribution in [0.3, 0.4) is 0 Å². The average molecular weight is 188 g/mol. The Labute approximate surface area is 84.9 Å². The van der Waals surface area contributed by atoms with Gasteiger partial charge in [-0.15, -0.1) is 6.58 Å². The Balaban J connectivity index is 2.61. The summed E-state index contributed by atoms with van der Waals surface area (Å²) in [6, 6.07) is 9.22. The van der Waals surface area contributed by atoms with Crippen LogP contribution in [0.1, 0.15) is 16.8 Å². The van der Waals surface area contributed by atoms with E-state index in [4.69, 9.17) is 0 Å². The summed E-state index contributed by atoms with van der Waals surface area (Å²) < 4.78 is 0. The molecule has 0 bridgehead atoms. The van der Waals surface area contributed by atoms with Gasteiger partial charge < -0.3 is 4.90 Å². The Morgan fingerprint density at radius 3 is 2.64 bits per heavy atom. The van der Waals surface area contributed by atoms with Gasteiger partial charge in [0, 0.05) is 12.6 Å². The molecule has 0 heterocycles. The van der Waals surface area contributed by atoms with Gasteiger partial charge in [0.2, 0.25) is 0 Å². The van der Waals surface area contributed by atoms with Gasteiger partial charge >= 0.3 is 0 Å². The summed E-state index contributed by atoms with van der Waals surface area (Å²) in [4.78, 5) is 13.3. The van der Waals surface area contributed by atoms with Crippen molar-refractivity contribution in [3.63, 3.8) is 0 Å². The molecule has 0 aromatic heterocycles. The molecule has 1 amide bonds. The van der Waals surface area contributed by atoms with Crippen molar-refractivity contribution in [3.05, 3.63) is 55.1 Å².